The summed E-state index contributed by atoms with van der Waals surface area (Å²) < 4.78 is 5.10. The van der Waals surface area contributed by atoms with Crippen LogP contribution >= 0.6 is 0 Å². The van der Waals surface area contributed by atoms with Crippen molar-refractivity contribution in [3.63, 3.8) is 0 Å². The van der Waals surface area contributed by atoms with Gasteiger partial charge < -0.3 is 20.3 Å². The highest BCUT2D eigenvalue weighted by molar-refractivity contribution is 6.00. The van der Waals surface area contributed by atoms with E-state index < -0.39 is 23.4 Å². The summed E-state index contributed by atoms with van der Waals surface area (Å²) in [6.07, 6.45) is 0. The molecule has 0 aliphatic rings. The number of nitrogens with zero attached hydrogens (tertiary/aromatic N) is 2. The van der Waals surface area contributed by atoms with Crippen LogP contribution in [0, 0.1) is 10.1 Å². The van der Waals surface area contributed by atoms with Gasteiger partial charge in [0.05, 0.1) is 16.2 Å². The molecular formula is C21H24N4O6. The SMILES string of the molecule is CCN(CC)c1ccc([N+](=O)[O-])cc1C(=O)OCC(=O)Nc1cccc(C(=O)NC)c1. The summed E-state index contributed by atoms with van der Waals surface area (Å²) in [5, 5.41) is 16.1. The summed E-state index contributed by atoms with van der Waals surface area (Å²) in [6.45, 7) is 4.34. The van der Waals surface area contributed by atoms with E-state index in [0.717, 1.165) is 6.07 Å². The van der Waals surface area contributed by atoms with E-state index >= 15 is 0 Å². The van der Waals surface area contributed by atoms with Gasteiger partial charge in [-0.25, -0.2) is 4.79 Å². The number of hydrogen-bond acceptors (Lipinski definition) is 7. The zero-order valence-electron chi connectivity index (χ0n) is 17.5. The highest BCUT2D eigenvalue weighted by Crippen LogP contribution is 2.26. The van der Waals surface area contributed by atoms with Crippen LogP contribution in [0.4, 0.5) is 17.1 Å². The number of esters is 1. The van der Waals surface area contributed by atoms with Crippen LogP contribution in [0.15, 0.2) is 42.5 Å². The van der Waals surface area contributed by atoms with Gasteiger partial charge in [-0.3, -0.25) is 19.7 Å². The largest absolute Gasteiger partial charge is 0.452 e. The summed E-state index contributed by atoms with van der Waals surface area (Å²) in [7, 11) is 1.49. The molecule has 0 radical (unpaired) electrons. The number of nitrogens with one attached hydrogen (secondary N) is 2. The lowest BCUT2D eigenvalue weighted by Gasteiger charge is -2.23. The Morgan fingerprint density at radius 2 is 1.81 bits per heavy atom. The Kier molecular flexibility index (Phi) is 8.07. The molecule has 0 aromatic heterocycles. The van der Waals surface area contributed by atoms with Gasteiger partial charge >= 0.3 is 5.97 Å². The molecular weight excluding hydrogens is 404 g/mol. The van der Waals surface area contributed by atoms with Crippen molar-refractivity contribution in [2.45, 2.75) is 13.8 Å². The Morgan fingerprint density at radius 1 is 1.10 bits per heavy atom. The first kappa shape index (κ1) is 23.3. The fourth-order valence-electron chi connectivity index (χ4n) is 2.93. The van der Waals surface area contributed by atoms with E-state index in [9.17, 15) is 24.5 Å². The standard InChI is InChI=1S/C21H24N4O6/c1-4-24(5-2)18-10-9-16(25(29)30)12-17(18)21(28)31-13-19(26)23-15-8-6-7-14(11-15)20(27)22-3/h6-12H,4-5,13H2,1-3H3,(H,22,27)(H,23,26). The summed E-state index contributed by atoms with van der Waals surface area (Å²) in [5.74, 6) is -1.77. The van der Waals surface area contributed by atoms with E-state index in [0.29, 0.717) is 30.0 Å². The maximum absolute atomic E-state index is 12.6. The zero-order valence-corrected chi connectivity index (χ0v) is 17.5. The third kappa shape index (κ3) is 6.01. The van der Waals surface area contributed by atoms with Gasteiger partial charge in [0, 0.05) is 43.5 Å². The number of carbonyl (C=O) groups excluding carboxylic acids is 3. The van der Waals surface area contributed by atoms with Crippen molar-refractivity contribution >= 4 is 34.8 Å². The Balaban J connectivity index is 2.13. The smallest absolute Gasteiger partial charge is 0.341 e. The lowest BCUT2D eigenvalue weighted by atomic mass is 10.1. The molecule has 0 bridgehead atoms. The summed E-state index contributed by atoms with van der Waals surface area (Å²) in [4.78, 5) is 48.9. The van der Waals surface area contributed by atoms with Crippen LogP contribution in [0.2, 0.25) is 0 Å². The normalized spacial score (nSPS) is 10.2. The van der Waals surface area contributed by atoms with E-state index in [1.54, 1.807) is 18.2 Å². The molecule has 2 N–H and O–H groups in total. The van der Waals surface area contributed by atoms with Crippen LogP contribution < -0.4 is 15.5 Å². The highest BCUT2D eigenvalue weighted by Gasteiger charge is 2.21. The highest BCUT2D eigenvalue weighted by atomic mass is 16.6. The molecule has 0 saturated heterocycles. The maximum atomic E-state index is 12.6. The van der Waals surface area contributed by atoms with Crippen LogP contribution in [0.5, 0.6) is 0 Å². The summed E-state index contributed by atoms with van der Waals surface area (Å²) in [5.41, 5.74) is 0.962. The maximum Gasteiger partial charge on any atom is 0.341 e. The van der Waals surface area contributed by atoms with Gasteiger partial charge in [0.15, 0.2) is 6.61 Å². The van der Waals surface area contributed by atoms with E-state index in [4.69, 9.17) is 4.74 Å². The van der Waals surface area contributed by atoms with E-state index in [2.05, 4.69) is 10.6 Å². The van der Waals surface area contributed by atoms with Gasteiger partial charge in [-0.2, -0.15) is 0 Å². The Bertz CT molecular complexity index is 988. The van der Waals surface area contributed by atoms with Crippen LogP contribution in [-0.4, -0.2) is 49.5 Å². The number of amides is 2. The van der Waals surface area contributed by atoms with Gasteiger partial charge in [-0.05, 0) is 38.1 Å². The molecule has 10 heteroatoms. The fourth-order valence-corrected chi connectivity index (χ4v) is 2.93. The molecule has 0 atom stereocenters. The third-order valence-electron chi connectivity index (χ3n) is 4.48. The number of benzene rings is 2. The molecule has 0 fully saturated rings. The van der Waals surface area contributed by atoms with Crippen molar-refractivity contribution in [3.8, 4) is 0 Å². The lowest BCUT2D eigenvalue weighted by Crippen LogP contribution is -2.26. The predicted octanol–water partition coefficient (Wildman–Crippen LogP) is 2.60. The molecule has 31 heavy (non-hydrogen) atoms. The molecule has 2 amide bonds. The second kappa shape index (κ2) is 10.7. The van der Waals surface area contributed by atoms with E-state index in [-0.39, 0.29) is 17.2 Å². The summed E-state index contributed by atoms with van der Waals surface area (Å²) in [6, 6.07) is 10.2. The number of nitro groups is 1. The van der Waals surface area contributed by atoms with Crippen molar-refractivity contribution in [2.24, 2.45) is 0 Å². The quantitative estimate of drug-likeness (QED) is 0.356. The lowest BCUT2D eigenvalue weighted by molar-refractivity contribution is -0.384. The molecule has 164 valence electrons. The van der Waals surface area contributed by atoms with Gasteiger partial charge in [0.25, 0.3) is 17.5 Å². The van der Waals surface area contributed by atoms with Gasteiger partial charge in [0.1, 0.15) is 0 Å². The first-order valence-electron chi connectivity index (χ1n) is 9.63. The minimum Gasteiger partial charge on any atom is -0.452 e. The molecule has 0 heterocycles. The zero-order chi connectivity index (χ0) is 23.0. The van der Waals surface area contributed by atoms with Crippen molar-refractivity contribution < 1.29 is 24.0 Å². The number of anilines is 2. The second-order valence-corrected chi connectivity index (χ2v) is 6.42. The average Bonchev–Trinajstić information content (AvgIpc) is 2.77. The van der Waals surface area contributed by atoms with Gasteiger partial charge in [-0.1, -0.05) is 6.07 Å². The number of nitro benzene ring substituents is 1. The topological polar surface area (TPSA) is 131 Å². The van der Waals surface area contributed by atoms with E-state index in [1.165, 1.54) is 25.2 Å². The molecule has 0 aliphatic carbocycles. The molecule has 2 aromatic rings. The molecule has 0 aliphatic heterocycles. The Hall–Kier alpha value is -3.95. The number of carbonyl (C=O) groups is 3. The number of hydrogen-bond donors (Lipinski definition) is 2. The molecule has 2 aromatic carbocycles. The van der Waals surface area contributed by atoms with Crippen LogP contribution in [0.1, 0.15) is 34.6 Å². The average molecular weight is 428 g/mol. The van der Waals surface area contributed by atoms with Crippen LogP contribution in [-0.2, 0) is 9.53 Å². The Labute approximate surface area is 179 Å². The van der Waals surface area contributed by atoms with Crippen molar-refractivity contribution in [1.82, 2.24) is 5.32 Å². The van der Waals surface area contributed by atoms with Crippen LogP contribution in [0.25, 0.3) is 0 Å². The second-order valence-electron chi connectivity index (χ2n) is 6.42. The molecule has 0 saturated carbocycles. The number of rotatable bonds is 9. The van der Waals surface area contributed by atoms with Gasteiger partial charge in [-0.15, -0.1) is 0 Å². The fraction of sp³-hybridized carbons (Fsp3) is 0.286. The number of non-ortho nitro benzene ring substituents is 1. The van der Waals surface area contributed by atoms with E-state index in [1.807, 2.05) is 18.7 Å². The predicted molar refractivity (Wildman–Crippen MR) is 115 cm³/mol. The van der Waals surface area contributed by atoms with Gasteiger partial charge in [0.2, 0.25) is 0 Å². The molecule has 10 nitrogen and oxygen atoms in total. The minimum atomic E-state index is -0.847. The first-order valence-corrected chi connectivity index (χ1v) is 9.63. The minimum absolute atomic E-state index is 0.00677. The van der Waals surface area contributed by atoms with Crippen molar-refractivity contribution in [1.29, 1.82) is 0 Å². The third-order valence-corrected chi connectivity index (χ3v) is 4.48. The Morgan fingerprint density at radius 3 is 2.42 bits per heavy atom. The van der Waals surface area contributed by atoms with Crippen molar-refractivity contribution in [3.05, 3.63) is 63.7 Å². The molecule has 0 unspecified atom stereocenters. The first-order chi connectivity index (χ1) is 14.8. The number of ether oxygens (including phenoxy) is 1. The van der Waals surface area contributed by atoms with Crippen LogP contribution in [0.3, 0.4) is 0 Å². The monoisotopic (exact) mass is 428 g/mol. The summed E-state index contributed by atoms with van der Waals surface area (Å²) >= 11 is 0. The van der Waals surface area contributed by atoms with Crippen molar-refractivity contribution in [2.75, 3.05) is 37.0 Å². The molecule has 2 rings (SSSR count). The molecule has 0 spiro atoms.